The summed E-state index contributed by atoms with van der Waals surface area (Å²) in [7, 11) is 0. The van der Waals surface area contributed by atoms with E-state index in [0.29, 0.717) is 19.0 Å². The number of carboxylic acid groups (broad SMARTS) is 1. The number of amides is 1. The van der Waals surface area contributed by atoms with E-state index in [2.05, 4.69) is 35.4 Å². The average Bonchev–Trinajstić information content (AvgIpc) is 3.04. The molecule has 0 aliphatic carbocycles. The third-order valence-electron chi connectivity index (χ3n) is 4.53. The maximum Gasteiger partial charge on any atom is 0.358 e. The van der Waals surface area contributed by atoms with E-state index in [-0.39, 0.29) is 18.1 Å². The second kappa shape index (κ2) is 6.82. The molecule has 1 aliphatic rings. The summed E-state index contributed by atoms with van der Waals surface area (Å²) >= 11 is 0. The van der Waals surface area contributed by atoms with Crippen LogP contribution in [0.3, 0.4) is 0 Å². The minimum Gasteiger partial charge on any atom is -0.476 e. The van der Waals surface area contributed by atoms with E-state index in [1.165, 1.54) is 22.0 Å². The van der Waals surface area contributed by atoms with E-state index >= 15 is 0 Å². The SMILES string of the molecule is Cc1ccccc1C1CCN(C(=O)Cn2cc(C(=O)O)nn2)CC1. The normalized spacial score (nSPS) is 15.5. The van der Waals surface area contributed by atoms with Crippen LogP contribution in [0.15, 0.2) is 30.5 Å². The third-order valence-corrected chi connectivity index (χ3v) is 4.53. The van der Waals surface area contributed by atoms with Crippen molar-refractivity contribution >= 4 is 11.9 Å². The quantitative estimate of drug-likeness (QED) is 0.922. The minimum absolute atomic E-state index is 0.0231. The van der Waals surface area contributed by atoms with Gasteiger partial charge in [0.25, 0.3) is 0 Å². The summed E-state index contributed by atoms with van der Waals surface area (Å²) in [5.41, 5.74) is 2.51. The van der Waals surface area contributed by atoms with Gasteiger partial charge in [0.15, 0.2) is 5.69 Å². The van der Waals surface area contributed by atoms with Crippen LogP contribution < -0.4 is 0 Å². The largest absolute Gasteiger partial charge is 0.476 e. The fourth-order valence-electron chi connectivity index (χ4n) is 3.20. The molecule has 0 atom stereocenters. The first-order valence-electron chi connectivity index (χ1n) is 8.01. The number of likely N-dealkylation sites (tertiary alicyclic amines) is 1. The summed E-state index contributed by atoms with van der Waals surface area (Å²) < 4.78 is 1.28. The highest BCUT2D eigenvalue weighted by Gasteiger charge is 2.25. The first kappa shape index (κ1) is 16.2. The van der Waals surface area contributed by atoms with Crippen LogP contribution in [0.5, 0.6) is 0 Å². The summed E-state index contributed by atoms with van der Waals surface area (Å²) in [6.45, 7) is 3.56. The number of benzene rings is 1. The molecule has 2 aromatic rings. The number of hydrogen-bond donors (Lipinski definition) is 1. The Balaban J connectivity index is 1.57. The van der Waals surface area contributed by atoms with Crippen molar-refractivity contribution in [2.24, 2.45) is 0 Å². The van der Waals surface area contributed by atoms with E-state index in [1.807, 2.05) is 11.0 Å². The lowest BCUT2D eigenvalue weighted by molar-refractivity contribution is -0.133. The Morgan fingerprint density at radius 3 is 2.58 bits per heavy atom. The molecule has 24 heavy (non-hydrogen) atoms. The maximum atomic E-state index is 12.3. The second-order valence-corrected chi connectivity index (χ2v) is 6.12. The van der Waals surface area contributed by atoms with Gasteiger partial charge in [-0.2, -0.15) is 0 Å². The van der Waals surface area contributed by atoms with Gasteiger partial charge in [0.2, 0.25) is 5.91 Å². The molecule has 1 aromatic heterocycles. The highest BCUT2D eigenvalue weighted by Crippen LogP contribution is 2.30. The lowest BCUT2D eigenvalue weighted by atomic mass is 9.87. The average molecular weight is 328 g/mol. The number of carbonyl (C=O) groups is 2. The number of carboxylic acids is 1. The number of aryl methyl sites for hydroxylation is 1. The van der Waals surface area contributed by atoms with Gasteiger partial charge in [-0.3, -0.25) is 4.79 Å². The maximum absolute atomic E-state index is 12.3. The van der Waals surface area contributed by atoms with Gasteiger partial charge in [-0.25, -0.2) is 9.48 Å². The third kappa shape index (κ3) is 3.45. The molecule has 1 aromatic carbocycles. The van der Waals surface area contributed by atoms with Crippen molar-refractivity contribution < 1.29 is 14.7 Å². The number of carbonyl (C=O) groups excluding carboxylic acids is 1. The van der Waals surface area contributed by atoms with E-state index in [1.54, 1.807) is 0 Å². The number of piperidine rings is 1. The van der Waals surface area contributed by atoms with Crippen LogP contribution >= 0.6 is 0 Å². The summed E-state index contributed by atoms with van der Waals surface area (Å²) in [5.74, 6) is -0.715. The zero-order valence-corrected chi connectivity index (χ0v) is 13.6. The molecule has 1 fully saturated rings. The molecule has 2 heterocycles. The Morgan fingerprint density at radius 1 is 1.25 bits per heavy atom. The zero-order valence-electron chi connectivity index (χ0n) is 13.6. The molecule has 7 nitrogen and oxygen atoms in total. The van der Waals surface area contributed by atoms with Crippen LogP contribution in [0, 0.1) is 6.92 Å². The second-order valence-electron chi connectivity index (χ2n) is 6.12. The minimum atomic E-state index is -1.15. The molecular weight excluding hydrogens is 308 g/mol. The molecule has 0 radical (unpaired) electrons. The molecule has 1 aliphatic heterocycles. The highest BCUT2D eigenvalue weighted by atomic mass is 16.4. The fourth-order valence-corrected chi connectivity index (χ4v) is 3.20. The van der Waals surface area contributed by atoms with Crippen LogP contribution in [0.1, 0.15) is 40.4 Å². The van der Waals surface area contributed by atoms with Crippen LogP contribution in [-0.2, 0) is 11.3 Å². The van der Waals surface area contributed by atoms with E-state index in [0.717, 1.165) is 12.8 Å². The molecule has 3 rings (SSSR count). The number of aromatic nitrogens is 3. The van der Waals surface area contributed by atoms with Crippen molar-refractivity contribution in [3.63, 3.8) is 0 Å². The van der Waals surface area contributed by atoms with Crippen molar-refractivity contribution in [3.8, 4) is 0 Å². The van der Waals surface area contributed by atoms with Crippen LogP contribution in [-0.4, -0.2) is 50.0 Å². The molecule has 126 valence electrons. The monoisotopic (exact) mass is 328 g/mol. The molecular formula is C17H20N4O3. The number of nitrogens with zero attached hydrogens (tertiary/aromatic N) is 4. The number of hydrogen-bond acceptors (Lipinski definition) is 4. The molecule has 0 unspecified atom stereocenters. The standard InChI is InChI=1S/C17H20N4O3/c1-12-4-2-3-5-14(12)13-6-8-20(9-7-13)16(22)11-21-10-15(17(23)24)18-19-21/h2-5,10,13H,6-9,11H2,1H3,(H,23,24). The Bertz CT molecular complexity index is 748. The number of rotatable bonds is 4. The molecule has 1 amide bonds. The smallest absolute Gasteiger partial charge is 0.358 e. The van der Waals surface area contributed by atoms with Crippen LogP contribution in [0.25, 0.3) is 0 Å². The topological polar surface area (TPSA) is 88.3 Å². The van der Waals surface area contributed by atoms with Crippen molar-refractivity contribution in [2.45, 2.75) is 32.2 Å². The molecule has 0 spiro atoms. The van der Waals surface area contributed by atoms with Crippen molar-refractivity contribution in [1.82, 2.24) is 19.9 Å². The zero-order chi connectivity index (χ0) is 17.1. The van der Waals surface area contributed by atoms with Crippen molar-refractivity contribution in [2.75, 3.05) is 13.1 Å². The lowest BCUT2D eigenvalue weighted by Crippen LogP contribution is -2.39. The lowest BCUT2D eigenvalue weighted by Gasteiger charge is -2.32. The van der Waals surface area contributed by atoms with E-state index < -0.39 is 5.97 Å². The molecule has 1 N–H and O–H groups in total. The molecule has 1 saturated heterocycles. The van der Waals surface area contributed by atoms with Crippen molar-refractivity contribution in [3.05, 3.63) is 47.3 Å². The highest BCUT2D eigenvalue weighted by molar-refractivity contribution is 5.84. The predicted octanol–water partition coefficient (Wildman–Crippen LogP) is 1.69. The summed E-state index contributed by atoms with van der Waals surface area (Å²) in [5, 5.41) is 16.0. The van der Waals surface area contributed by atoms with Gasteiger partial charge in [0, 0.05) is 13.1 Å². The molecule has 0 saturated carbocycles. The van der Waals surface area contributed by atoms with Gasteiger partial charge in [0.05, 0.1) is 6.20 Å². The van der Waals surface area contributed by atoms with Gasteiger partial charge in [0.1, 0.15) is 6.54 Å². The van der Waals surface area contributed by atoms with Gasteiger partial charge < -0.3 is 10.0 Å². The Hall–Kier alpha value is -2.70. The van der Waals surface area contributed by atoms with Gasteiger partial charge in [-0.1, -0.05) is 29.5 Å². The number of aromatic carboxylic acids is 1. The van der Waals surface area contributed by atoms with Gasteiger partial charge in [-0.05, 0) is 36.8 Å². The predicted molar refractivity (Wildman–Crippen MR) is 86.7 cm³/mol. The summed E-state index contributed by atoms with van der Waals surface area (Å²) in [6.07, 6.45) is 3.16. The van der Waals surface area contributed by atoms with Crippen molar-refractivity contribution in [1.29, 1.82) is 0 Å². The molecule has 0 bridgehead atoms. The first-order chi connectivity index (χ1) is 11.5. The van der Waals surface area contributed by atoms with Gasteiger partial charge >= 0.3 is 5.97 Å². The van der Waals surface area contributed by atoms with E-state index in [9.17, 15) is 9.59 Å². The van der Waals surface area contributed by atoms with Gasteiger partial charge in [-0.15, -0.1) is 5.10 Å². The molecule has 7 heteroatoms. The Kier molecular flexibility index (Phi) is 4.59. The Labute approximate surface area is 139 Å². The summed E-state index contributed by atoms with van der Waals surface area (Å²) in [4.78, 5) is 25.0. The van der Waals surface area contributed by atoms with Crippen LogP contribution in [0.4, 0.5) is 0 Å². The first-order valence-corrected chi connectivity index (χ1v) is 8.01. The summed E-state index contributed by atoms with van der Waals surface area (Å²) in [6, 6.07) is 8.39. The van der Waals surface area contributed by atoms with E-state index in [4.69, 9.17) is 5.11 Å². The Morgan fingerprint density at radius 2 is 1.96 bits per heavy atom. The van der Waals surface area contributed by atoms with Crippen LogP contribution in [0.2, 0.25) is 0 Å². The fraction of sp³-hybridized carbons (Fsp3) is 0.412.